The molecule has 1 rings (SSSR count). The average Bonchev–Trinajstić information content (AvgIpc) is 2.94. The molecule has 3 N–H and O–H groups in total. The Morgan fingerprint density at radius 3 is 2.16 bits per heavy atom. The van der Waals surface area contributed by atoms with Crippen molar-refractivity contribution in [1.29, 1.82) is 0 Å². The molecule has 25 heavy (non-hydrogen) atoms. The van der Waals surface area contributed by atoms with Crippen LogP contribution in [0, 0.1) is 0 Å². The Bertz CT molecular complexity index is 334. The summed E-state index contributed by atoms with van der Waals surface area (Å²) in [5, 5.41) is 28.9. The molecule has 5 heteroatoms. The smallest absolute Gasteiger partial charge is 0.117 e. The van der Waals surface area contributed by atoms with Crippen LogP contribution < -0.4 is 0 Å². The average molecular weight is 359 g/mol. The zero-order chi connectivity index (χ0) is 18.3. The summed E-state index contributed by atoms with van der Waals surface area (Å²) in [6.07, 6.45) is 14.2. The summed E-state index contributed by atoms with van der Waals surface area (Å²) in [4.78, 5) is 0. The maximum atomic E-state index is 9.87. The quantitative estimate of drug-likeness (QED) is 0.309. The highest BCUT2D eigenvalue weighted by atomic mass is 16.5. The molecule has 0 unspecified atom stereocenters. The first-order chi connectivity index (χ1) is 12.2. The first kappa shape index (κ1) is 22.4. The normalized spacial score (nSPS) is 24.9. The van der Waals surface area contributed by atoms with Gasteiger partial charge in [0.25, 0.3) is 0 Å². The highest BCUT2D eigenvalue weighted by Crippen LogP contribution is 2.18. The molecular formula is C20H38O5. The number of allylic oxidation sites excluding steroid dienone is 1. The summed E-state index contributed by atoms with van der Waals surface area (Å²) in [5.41, 5.74) is 0. The number of ether oxygens (including phenoxy) is 2. The lowest BCUT2D eigenvalue weighted by Gasteiger charge is -2.20. The van der Waals surface area contributed by atoms with E-state index in [2.05, 4.69) is 6.92 Å². The van der Waals surface area contributed by atoms with Gasteiger partial charge in [-0.05, 0) is 18.9 Å². The molecule has 1 saturated heterocycles. The van der Waals surface area contributed by atoms with E-state index in [0.717, 1.165) is 12.8 Å². The lowest BCUT2D eigenvalue weighted by atomic mass is 10.1. The fraction of sp³-hybridized carbons (Fsp3) is 0.900. The van der Waals surface area contributed by atoms with Crippen LogP contribution in [0.3, 0.4) is 0 Å². The molecule has 0 saturated carbocycles. The maximum Gasteiger partial charge on any atom is 0.117 e. The van der Waals surface area contributed by atoms with Gasteiger partial charge in [0, 0.05) is 0 Å². The molecule has 1 aliphatic rings. The summed E-state index contributed by atoms with van der Waals surface area (Å²) >= 11 is 0. The van der Waals surface area contributed by atoms with Crippen molar-refractivity contribution in [2.24, 2.45) is 0 Å². The molecule has 0 radical (unpaired) electrons. The fourth-order valence-electron chi connectivity index (χ4n) is 3.10. The third-order valence-corrected chi connectivity index (χ3v) is 4.75. The van der Waals surface area contributed by atoms with Crippen molar-refractivity contribution in [3.63, 3.8) is 0 Å². The molecule has 0 amide bonds. The van der Waals surface area contributed by atoms with Crippen molar-refractivity contribution in [1.82, 2.24) is 0 Å². The highest BCUT2D eigenvalue weighted by molar-refractivity contribution is 4.88. The third kappa shape index (κ3) is 10.2. The minimum absolute atomic E-state index is 0.0530. The molecular weight excluding hydrogens is 320 g/mol. The largest absolute Gasteiger partial charge is 0.499 e. The number of hydrogen-bond donors (Lipinski definition) is 3. The highest BCUT2D eigenvalue weighted by Gasteiger charge is 2.39. The van der Waals surface area contributed by atoms with E-state index in [9.17, 15) is 15.3 Å². The van der Waals surface area contributed by atoms with Crippen molar-refractivity contribution in [3.8, 4) is 0 Å². The monoisotopic (exact) mass is 358 g/mol. The lowest BCUT2D eigenvalue weighted by Crippen LogP contribution is -2.40. The van der Waals surface area contributed by atoms with Gasteiger partial charge in [0.15, 0.2) is 0 Å². The van der Waals surface area contributed by atoms with Crippen LogP contribution in [-0.2, 0) is 9.47 Å². The molecule has 0 aromatic rings. The van der Waals surface area contributed by atoms with E-state index in [1.54, 1.807) is 6.26 Å². The fourth-order valence-corrected chi connectivity index (χ4v) is 3.10. The zero-order valence-corrected chi connectivity index (χ0v) is 15.8. The van der Waals surface area contributed by atoms with E-state index in [4.69, 9.17) is 9.47 Å². The summed E-state index contributed by atoms with van der Waals surface area (Å²) in [6.45, 7) is 2.36. The van der Waals surface area contributed by atoms with Crippen molar-refractivity contribution in [3.05, 3.63) is 12.3 Å². The second-order valence-corrected chi connectivity index (χ2v) is 7.10. The van der Waals surface area contributed by atoms with Gasteiger partial charge in [0.1, 0.15) is 31.0 Å². The topological polar surface area (TPSA) is 79.2 Å². The Balaban J connectivity index is 1.87. The molecule has 1 aliphatic heterocycles. The van der Waals surface area contributed by atoms with Gasteiger partial charge in [-0.15, -0.1) is 0 Å². The minimum Gasteiger partial charge on any atom is -0.499 e. The Morgan fingerprint density at radius 2 is 1.60 bits per heavy atom. The molecule has 1 heterocycles. The Labute approximate surface area is 153 Å². The van der Waals surface area contributed by atoms with E-state index >= 15 is 0 Å². The Hall–Kier alpha value is -0.620. The van der Waals surface area contributed by atoms with Crippen molar-refractivity contribution in [2.45, 2.75) is 102 Å². The van der Waals surface area contributed by atoms with Crippen molar-refractivity contribution < 1.29 is 24.8 Å². The van der Waals surface area contributed by atoms with Gasteiger partial charge in [-0.2, -0.15) is 0 Å². The minimum atomic E-state index is -1.05. The number of aliphatic hydroxyl groups excluding tert-OH is 3. The maximum absolute atomic E-state index is 9.87. The van der Waals surface area contributed by atoms with Crippen LogP contribution in [0.4, 0.5) is 0 Å². The Morgan fingerprint density at radius 1 is 1.00 bits per heavy atom. The van der Waals surface area contributed by atoms with Gasteiger partial charge in [0.2, 0.25) is 0 Å². The molecule has 148 valence electrons. The first-order valence-electron chi connectivity index (χ1n) is 10.1. The van der Waals surface area contributed by atoms with Gasteiger partial charge < -0.3 is 24.8 Å². The van der Waals surface area contributed by atoms with Gasteiger partial charge in [-0.3, -0.25) is 0 Å². The summed E-state index contributed by atoms with van der Waals surface area (Å²) in [7, 11) is 0. The number of rotatable bonds is 15. The second kappa shape index (κ2) is 14.5. The van der Waals surface area contributed by atoms with Crippen LogP contribution in [0.2, 0.25) is 0 Å². The molecule has 0 spiro atoms. The molecule has 0 aromatic heterocycles. The first-order valence-corrected chi connectivity index (χ1v) is 10.1. The molecule has 4 atom stereocenters. The van der Waals surface area contributed by atoms with Gasteiger partial charge in [-0.1, -0.05) is 64.7 Å². The summed E-state index contributed by atoms with van der Waals surface area (Å²) in [6, 6.07) is 0. The molecule has 0 bridgehead atoms. The van der Waals surface area contributed by atoms with Gasteiger partial charge in [-0.25, -0.2) is 0 Å². The van der Waals surface area contributed by atoms with Crippen LogP contribution in [0.5, 0.6) is 0 Å². The van der Waals surface area contributed by atoms with E-state index < -0.39 is 24.4 Å². The Kier molecular flexibility index (Phi) is 13.0. The van der Waals surface area contributed by atoms with Crippen molar-refractivity contribution in [2.75, 3.05) is 13.2 Å². The number of hydrogen-bond acceptors (Lipinski definition) is 5. The van der Waals surface area contributed by atoms with Gasteiger partial charge in [0.05, 0.1) is 12.9 Å². The molecule has 0 aliphatic carbocycles. The van der Waals surface area contributed by atoms with E-state index in [1.807, 2.05) is 6.08 Å². The van der Waals surface area contributed by atoms with Crippen LogP contribution in [-0.4, -0.2) is 52.9 Å². The van der Waals surface area contributed by atoms with E-state index in [0.29, 0.717) is 0 Å². The summed E-state index contributed by atoms with van der Waals surface area (Å²) in [5.74, 6) is 0. The van der Waals surface area contributed by atoms with E-state index in [1.165, 1.54) is 57.8 Å². The number of aliphatic hydroxyl groups is 3. The zero-order valence-electron chi connectivity index (χ0n) is 15.8. The van der Waals surface area contributed by atoms with Gasteiger partial charge >= 0.3 is 0 Å². The third-order valence-electron chi connectivity index (χ3n) is 4.75. The second-order valence-electron chi connectivity index (χ2n) is 7.10. The van der Waals surface area contributed by atoms with E-state index in [-0.39, 0.29) is 13.2 Å². The predicted molar refractivity (Wildman–Crippen MR) is 99.3 cm³/mol. The number of unbranched alkanes of at least 4 members (excludes halogenated alkanes) is 10. The molecule has 5 nitrogen and oxygen atoms in total. The summed E-state index contributed by atoms with van der Waals surface area (Å²) < 4.78 is 10.4. The van der Waals surface area contributed by atoms with Crippen LogP contribution >= 0.6 is 0 Å². The van der Waals surface area contributed by atoms with Crippen molar-refractivity contribution >= 4 is 0 Å². The standard InChI is InChI=1S/C20H38O5/c1-2-3-4-5-6-7-8-9-10-11-12-13-14-24-15-18(22)20-19(23)17(21)16-25-20/h13-14,17-23H,2-12,15-16H2,1H3/b14-13+/t17-,18+,19+,20+/m1/s1. The lowest BCUT2D eigenvalue weighted by molar-refractivity contribution is -0.0703. The predicted octanol–water partition coefficient (Wildman–Crippen LogP) is 3.31. The van der Waals surface area contributed by atoms with Crippen LogP contribution in [0.25, 0.3) is 0 Å². The van der Waals surface area contributed by atoms with Crippen LogP contribution in [0.1, 0.15) is 77.6 Å². The SMILES string of the molecule is CCCCCCCCCCCC/C=C/OC[C@H](O)[C@@H]1OC[C@@H](O)[C@@H]1O. The van der Waals surface area contributed by atoms with Crippen LogP contribution in [0.15, 0.2) is 12.3 Å². The molecule has 0 aromatic carbocycles. The molecule has 1 fully saturated rings.